The van der Waals surface area contributed by atoms with E-state index in [2.05, 4.69) is 5.32 Å². The highest BCUT2D eigenvalue weighted by atomic mass is 16.6. The average molecular weight is 334 g/mol. The molecular weight excluding hydrogens is 308 g/mol. The van der Waals surface area contributed by atoms with Crippen LogP contribution >= 0.6 is 0 Å². The molecule has 0 aromatic heterocycles. The van der Waals surface area contributed by atoms with Crippen molar-refractivity contribution in [3.05, 3.63) is 28.8 Å². The van der Waals surface area contributed by atoms with Gasteiger partial charge in [-0.05, 0) is 49.9 Å². The number of nitrogens with one attached hydrogen (secondary N) is 1. The Bertz CT molecular complexity index is 618. The molecule has 0 radical (unpaired) electrons. The summed E-state index contributed by atoms with van der Waals surface area (Å²) in [6.07, 6.45) is 0.660. The van der Waals surface area contributed by atoms with E-state index in [-0.39, 0.29) is 18.7 Å². The molecule has 2 heterocycles. The fraction of sp³-hybridized carbons (Fsp3) is 0.611. The van der Waals surface area contributed by atoms with Crippen molar-refractivity contribution in [1.29, 1.82) is 0 Å². The Labute approximate surface area is 142 Å². The highest BCUT2D eigenvalue weighted by molar-refractivity contribution is 5.71. The molecular formula is C18H26N2O4. The van der Waals surface area contributed by atoms with Crippen LogP contribution < -0.4 is 5.32 Å². The molecule has 0 aliphatic carbocycles. The molecule has 0 spiro atoms. The molecule has 1 aromatic carbocycles. The lowest BCUT2D eigenvalue weighted by Gasteiger charge is -2.24. The van der Waals surface area contributed by atoms with Crippen LogP contribution in [0.3, 0.4) is 0 Å². The normalized spacial score (nSPS) is 20.2. The van der Waals surface area contributed by atoms with Gasteiger partial charge in [-0.15, -0.1) is 0 Å². The lowest BCUT2D eigenvalue weighted by molar-refractivity contribution is 0.0242. The molecule has 2 aliphatic rings. The molecule has 6 heteroatoms. The summed E-state index contributed by atoms with van der Waals surface area (Å²) in [4.78, 5) is 14.1. The maximum atomic E-state index is 12.4. The second kappa shape index (κ2) is 6.61. The van der Waals surface area contributed by atoms with E-state index >= 15 is 0 Å². The van der Waals surface area contributed by atoms with Crippen LogP contribution in [-0.4, -0.2) is 41.0 Å². The Morgan fingerprint density at radius 3 is 2.83 bits per heavy atom. The van der Waals surface area contributed by atoms with Gasteiger partial charge in [0.05, 0.1) is 25.8 Å². The summed E-state index contributed by atoms with van der Waals surface area (Å²) in [6, 6.07) is 4.21. The van der Waals surface area contributed by atoms with Gasteiger partial charge in [0, 0.05) is 18.8 Å². The first-order valence-electron chi connectivity index (χ1n) is 8.43. The topological polar surface area (TPSA) is 71.0 Å². The van der Waals surface area contributed by atoms with Crippen molar-refractivity contribution in [2.45, 2.75) is 58.5 Å². The molecule has 1 amide bonds. The zero-order valence-corrected chi connectivity index (χ0v) is 14.6. The van der Waals surface area contributed by atoms with Crippen LogP contribution in [0.5, 0.6) is 0 Å². The maximum absolute atomic E-state index is 12.4. The number of hydrogen-bond acceptors (Lipinski definition) is 5. The summed E-state index contributed by atoms with van der Waals surface area (Å²) in [5.74, 6) is 0. The summed E-state index contributed by atoms with van der Waals surface area (Å²) < 4.78 is 10.9. The molecule has 6 nitrogen and oxygen atoms in total. The van der Waals surface area contributed by atoms with Crippen LogP contribution in [0.4, 0.5) is 10.5 Å². The Morgan fingerprint density at radius 1 is 1.42 bits per heavy atom. The zero-order valence-electron chi connectivity index (χ0n) is 14.6. The molecule has 132 valence electrons. The number of aliphatic hydroxyl groups is 1. The number of fused-ring (bicyclic) bond motifs is 1. The molecule has 2 aliphatic heterocycles. The van der Waals surface area contributed by atoms with Crippen molar-refractivity contribution in [1.82, 2.24) is 4.90 Å². The monoisotopic (exact) mass is 334 g/mol. The number of anilines is 1. The minimum atomic E-state index is -0.510. The van der Waals surface area contributed by atoms with Gasteiger partial charge in [0.2, 0.25) is 0 Å². The van der Waals surface area contributed by atoms with Crippen LogP contribution in [-0.2, 0) is 29.2 Å². The standard InChI is InChI=1S/C18H26N2O4/c1-18(2,3)24-17(22)20-8-13-6-12(10-21)7-16(15(13)9-20)19-14-4-5-23-11-14/h6-7,14,19,21H,4-5,8-11H2,1-3H3/t14-/m0/s1. The van der Waals surface area contributed by atoms with Crippen LogP contribution in [0.2, 0.25) is 0 Å². The first-order chi connectivity index (χ1) is 11.4. The number of hydrogen-bond donors (Lipinski definition) is 2. The number of nitrogens with zero attached hydrogens (tertiary/aromatic N) is 1. The average Bonchev–Trinajstić information content (AvgIpc) is 3.14. The molecule has 24 heavy (non-hydrogen) atoms. The van der Waals surface area contributed by atoms with Gasteiger partial charge >= 0.3 is 6.09 Å². The lowest BCUT2D eigenvalue weighted by atomic mass is 10.0. The number of carbonyl (C=O) groups is 1. The Morgan fingerprint density at radius 2 is 2.21 bits per heavy atom. The number of aliphatic hydroxyl groups excluding tert-OH is 1. The predicted octanol–water partition coefficient (Wildman–Crippen LogP) is 2.63. The number of rotatable bonds is 3. The highest BCUT2D eigenvalue weighted by Crippen LogP contribution is 2.33. The molecule has 1 aromatic rings. The summed E-state index contributed by atoms with van der Waals surface area (Å²) in [7, 11) is 0. The van der Waals surface area contributed by atoms with Gasteiger partial charge in [-0.1, -0.05) is 6.07 Å². The number of carbonyl (C=O) groups excluding carboxylic acids is 1. The largest absolute Gasteiger partial charge is 0.444 e. The lowest BCUT2D eigenvalue weighted by Crippen LogP contribution is -2.33. The van der Waals surface area contributed by atoms with Crippen molar-refractivity contribution in [2.24, 2.45) is 0 Å². The fourth-order valence-corrected chi connectivity index (χ4v) is 3.12. The summed E-state index contributed by atoms with van der Waals surface area (Å²) in [5.41, 5.74) is 3.49. The van der Waals surface area contributed by atoms with E-state index in [0.29, 0.717) is 19.7 Å². The summed E-state index contributed by atoms with van der Waals surface area (Å²) in [5, 5.41) is 13.0. The molecule has 0 saturated carbocycles. The van der Waals surface area contributed by atoms with Crippen molar-refractivity contribution >= 4 is 11.8 Å². The van der Waals surface area contributed by atoms with Gasteiger partial charge < -0.3 is 19.9 Å². The third kappa shape index (κ3) is 3.82. The van der Waals surface area contributed by atoms with Crippen molar-refractivity contribution in [3.8, 4) is 0 Å². The first-order valence-corrected chi connectivity index (χ1v) is 8.43. The van der Waals surface area contributed by atoms with E-state index in [1.807, 2.05) is 32.9 Å². The van der Waals surface area contributed by atoms with Crippen LogP contribution in [0, 0.1) is 0 Å². The summed E-state index contributed by atoms with van der Waals surface area (Å²) in [6.45, 7) is 8.06. The van der Waals surface area contributed by atoms with E-state index in [1.54, 1.807) is 4.90 Å². The van der Waals surface area contributed by atoms with Crippen molar-refractivity contribution in [2.75, 3.05) is 18.5 Å². The second-order valence-corrected chi connectivity index (χ2v) is 7.48. The molecule has 1 fully saturated rings. The van der Waals surface area contributed by atoms with Crippen LogP contribution in [0.15, 0.2) is 12.1 Å². The van der Waals surface area contributed by atoms with Crippen LogP contribution in [0.25, 0.3) is 0 Å². The SMILES string of the molecule is CC(C)(C)OC(=O)N1Cc2cc(CO)cc(N[C@H]3CCOC3)c2C1. The Balaban J connectivity index is 1.80. The summed E-state index contributed by atoms with van der Waals surface area (Å²) >= 11 is 0. The number of benzene rings is 1. The quantitative estimate of drug-likeness (QED) is 0.889. The molecule has 2 N–H and O–H groups in total. The van der Waals surface area contributed by atoms with Gasteiger partial charge in [0.25, 0.3) is 0 Å². The van der Waals surface area contributed by atoms with E-state index in [0.717, 1.165) is 35.4 Å². The minimum absolute atomic E-state index is 0.0183. The Kier molecular flexibility index (Phi) is 4.69. The number of amides is 1. The van der Waals surface area contributed by atoms with Gasteiger partial charge in [0.1, 0.15) is 5.60 Å². The molecule has 0 bridgehead atoms. The van der Waals surface area contributed by atoms with Gasteiger partial charge in [-0.3, -0.25) is 4.90 Å². The third-order valence-corrected chi connectivity index (χ3v) is 4.24. The molecule has 3 rings (SSSR count). The van der Waals surface area contributed by atoms with Crippen molar-refractivity contribution < 1.29 is 19.4 Å². The maximum Gasteiger partial charge on any atom is 0.410 e. The van der Waals surface area contributed by atoms with E-state index in [1.165, 1.54) is 0 Å². The zero-order chi connectivity index (χ0) is 17.3. The third-order valence-electron chi connectivity index (χ3n) is 4.24. The highest BCUT2D eigenvalue weighted by Gasteiger charge is 2.30. The fourth-order valence-electron chi connectivity index (χ4n) is 3.12. The first kappa shape index (κ1) is 17.0. The van der Waals surface area contributed by atoms with Crippen molar-refractivity contribution in [3.63, 3.8) is 0 Å². The smallest absolute Gasteiger partial charge is 0.410 e. The second-order valence-electron chi connectivity index (χ2n) is 7.48. The minimum Gasteiger partial charge on any atom is -0.444 e. The molecule has 1 saturated heterocycles. The molecule has 0 unspecified atom stereocenters. The van der Waals surface area contributed by atoms with Gasteiger partial charge in [0.15, 0.2) is 0 Å². The van der Waals surface area contributed by atoms with Gasteiger partial charge in [-0.25, -0.2) is 4.79 Å². The van der Waals surface area contributed by atoms with E-state index in [4.69, 9.17) is 9.47 Å². The Hall–Kier alpha value is -1.79. The number of ether oxygens (including phenoxy) is 2. The van der Waals surface area contributed by atoms with Crippen LogP contribution in [0.1, 0.15) is 43.9 Å². The van der Waals surface area contributed by atoms with E-state index < -0.39 is 5.60 Å². The van der Waals surface area contributed by atoms with E-state index in [9.17, 15) is 9.90 Å². The molecule has 1 atom stereocenters. The predicted molar refractivity (Wildman–Crippen MR) is 90.7 cm³/mol. The van der Waals surface area contributed by atoms with Gasteiger partial charge in [-0.2, -0.15) is 0 Å².